The van der Waals surface area contributed by atoms with Gasteiger partial charge in [-0.2, -0.15) is 0 Å². The number of hydrogen-bond acceptors (Lipinski definition) is 2. The zero-order valence-electron chi connectivity index (χ0n) is 12.3. The van der Waals surface area contributed by atoms with Crippen molar-refractivity contribution in [3.8, 4) is 0 Å². The maximum atomic E-state index is 12.8. The molecule has 1 heterocycles. The van der Waals surface area contributed by atoms with Crippen molar-refractivity contribution in [1.82, 2.24) is 4.90 Å². The summed E-state index contributed by atoms with van der Waals surface area (Å²) in [4.78, 5) is 14.9. The van der Waals surface area contributed by atoms with Gasteiger partial charge in [-0.15, -0.1) is 0 Å². The van der Waals surface area contributed by atoms with E-state index in [1.165, 1.54) is 32.1 Å². The maximum absolute atomic E-state index is 12.8. The molecule has 1 aromatic carbocycles. The molecule has 20 heavy (non-hydrogen) atoms. The van der Waals surface area contributed by atoms with Crippen LogP contribution in [0, 0.1) is 12.8 Å². The van der Waals surface area contributed by atoms with Crippen LogP contribution in [-0.4, -0.2) is 23.4 Å². The first-order chi connectivity index (χ1) is 9.66. The van der Waals surface area contributed by atoms with E-state index in [-0.39, 0.29) is 5.91 Å². The first-order valence-corrected chi connectivity index (χ1v) is 7.84. The van der Waals surface area contributed by atoms with Gasteiger partial charge in [0.1, 0.15) is 0 Å². The number of hydrogen-bond donors (Lipinski definition) is 1. The smallest absolute Gasteiger partial charge is 0.256 e. The Morgan fingerprint density at radius 1 is 1.20 bits per heavy atom. The Hall–Kier alpha value is -1.51. The Bertz CT molecular complexity index is 506. The fourth-order valence-corrected chi connectivity index (χ4v) is 3.91. The second-order valence-corrected chi connectivity index (χ2v) is 6.34. The van der Waals surface area contributed by atoms with Crippen molar-refractivity contribution < 1.29 is 4.79 Å². The number of anilines is 1. The van der Waals surface area contributed by atoms with E-state index < -0.39 is 0 Å². The lowest BCUT2D eigenvalue weighted by Gasteiger charge is -2.30. The minimum Gasteiger partial charge on any atom is -0.398 e. The van der Waals surface area contributed by atoms with Gasteiger partial charge in [-0.25, -0.2) is 0 Å². The number of likely N-dealkylation sites (tertiary alicyclic amines) is 1. The molecule has 1 aromatic rings. The Kier molecular flexibility index (Phi) is 3.68. The Balaban J connectivity index is 1.81. The highest BCUT2D eigenvalue weighted by atomic mass is 16.2. The fourth-order valence-electron chi connectivity index (χ4n) is 3.91. The van der Waals surface area contributed by atoms with Crippen LogP contribution < -0.4 is 5.73 Å². The van der Waals surface area contributed by atoms with E-state index in [4.69, 9.17) is 5.73 Å². The topological polar surface area (TPSA) is 46.3 Å². The second-order valence-electron chi connectivity index (χ2n) is 6.34. The monoisotopic (exact) mass is 272 g/mol. The summed E-state index contributed by atoms with van der Waals surface area (Å²) in [5.41, 5.74) is 8.44. The van der Waals surface area contributed by atoms with Gasteiger partial charge in [0.15, 0.2) is 0 Å². The summed E-state index contributed by atoms with van der Waals surface area (Å²) >= 11 is 0. The highest BCUT2D eigenvalue weighted by Crippen LogP contribution is 2.36. The number of carbonyl (C=O) groups is 1. The number of nitrogen functional groups attached to an aromatic ring is 1. The molecule has 0 aromatic heterocycles. The molecule has 3 rings (SSSR count). The van der Waals surface area contributed by atoms with Crippen LogP contribution in [-0.2, 0) is 0 Å². The van der Waals surface area contributed by atoms with Crippen molar-refractivity contribution in [2.45, 2.75) is 51.5 Å². The molecule has 108 valence electrons. The fraction of sp³-hybridized carbons (Fsp3) is 0.588. The quantitative estimate of drug-likeness (QED) is 0.839. The van der Waals surface area contributed by atoms with Crippen LogP contribution in [0.2, 0.25) is 0 Å². The van der Waals surface area contributed by atoms with Gasteiger partial charge in [0.05, 0.1) is 5.56 Å². The molecule has 3 nitrogen and oxygen atoms in total. The van der Waals surface area contributed by atoms with Crippen LogP contribution in [0.15, 0.2) is 18.2 Å². The first kappa shape index (κ1) is 13.5. The van der Waals surface area contributed by atoms with Crippen molar-refractivity contribution in [2.24, 2.45) is 5.92 Å². The predicted octanol–water partition coefficient (Wildman–Crippen LogP) is 3.37. The predicted molar refractivity (Wildman–Crippen MR) is 81.6 cm³/mol. The van der Waals surface area contributed by atoms with Gasteiger partial charge in [0, 0.05) is 18.3 Å². The van der Waals surface area contributed by atoms with Crippen LogP contribution in [0.3, 0.4) is 0 Å². The molecule has 1 amide bonds. The average molecular weight is 272 g/mol. The van der Waals surface area contributed by atoms with Crippen molar-refractivity contribution in [3.63, 3.8) is 0 Å². The number of benzene rings is 1. The normalized spacial score (nSPS) is 23.4. The summed E-state index contributed by atoms with van der Waals surface area (Å²) in [7, 11) is 0. The van der Waals surface area contributed by atoms with Crippen LogP contribution in [0.5, 0.6) is 0 Å². The molecule has 0 radical (unpaired) electrons. The molecule has 2 aliphatic rings. The summed E-state index contributed by atoms with van der Waals surface area (Å²) < 4.78 is 0. The maximum Gasteiger partial charge on any atom is 0.256 e. The molecule has 1 saturated heterocycles. The molecule has 0 bridgehead atoms. The van der Waals surface area contributed by atoms with Gasteiger partial charge in [-0.1, -0.05) is 18.9 Å². The molecule has 1 aliphatic heterocycles. The molecular weight excluding hydrogens is 248 g/mol. The Labute approximate surface area is 121 Å². The molecule has 1 aliphatic carbocycles. The minimum atomic E-state index is 0.136. The number of carbonyl (C=O) groups excluding carboxylic acids is 1. The van der Waals surface area contributed by atoms with Gasteiger partial charge in [0.25, 0.3) is 5.91 Å². The molecule has 1 saturated carbocycles. The van der Waals surface area contributed by atoms with Crippen LogP contribution in [0.4, 0.5) is 5.69 Å². The first-order valence-electron chi connectivity index (χ1n) is 7.84. The molecule has 2 fully saturated rings. The number of amides is 1. The van der Waals surface area contributed by atoms with Gasteiger partial charge < -0.3 is 10.6 Å². The van der Waals surface area contributed by atoms with E-state index in [0.29, 0.717) is 23.2 Å². The Morgan fingerprint density at radius 2 is 1.95 bits per heavy atom. The van der Waals surface area contributed by atoms with E-state index in [2.05, 4.69) is 4.90 Å². The number of aryl methyl sites for hydroxylation is 1. The summed E-state index contributed by atoms with van der Waals surface area (Å²) in [6.07, 6.45) is 7.54. The number of nitrogens with zero attached hydrogens (tertiary/aromatic N) is 1. The third-order valence-electron chi connectivity index (χ3n) is 4.94. The van der Waals surface area contributed by atoms with Crippen LogP contribution in [0.25, 0.3) is 0 Å². The summed E-state index contributed by atoms with van der Waals surface area (Å²) in [5, 5.41) is 0. The lowest BCUT2D eigenvalue weighted by Crippen LogP contribution is -2.39. The van der Waals surface area contributed by atoms with Crippen molar-refractivity contribution in [1.29, 1.82) is 0 Å². The molecule has 2 N–H and O–H groups in total. The zero-order chi connectivity index (χ0) is 14.1. The number of rotatable bonds is 2. The summed E-state index contributed by atoms with van der Waals surface area (Å²) in [6.45, 7) is 2.90. The largest absolute Gasteiger partial charge is 0.398 e. The molecule has 3 heteroatoms. The summed E-state index contributed by atoms with van der Waals surface area (Å²) in [6, 6.07) is 6.21. The molecule has 1 unspecified atom stereocenters. The number of nitrogens with two attached hydrogens (primary N) is 1. The van der Waals surface area contributed by atoms with E-state index in [1.807, 2.05) is 25.1 Å². The highest BCUT2D eigenvalue weighted by molar-refractivity contribution is 5.99. The lowest BCUT2D eigenvalue weighted by molar-refractivity contribution is 0.0690. The zero-order valence-corrected chi connectivity index (χ0v) is 12.3. The van der Waals surface area contributed by atoms with E-state index >= 15 is 0 Å². The molecule has 1 atom stereocenters. The summed E-state index contributed by atoms with van der Waals surface area (Å²) in [5.74, 6) is 0.852. The Morgan fingerprint density at radius 3 is 2.65 bits per heavy atom. The molecular formula is C17H24N2O. The van der Waals surface area contributed by atoms with Crippen LogP contribution >= 0.6 is 0 Å². The third kappa shape index (κ3) is 2.41. The van der Waals surface area contributed by atoms with Crippen molar-refractivity contribution in [3.05, 3.63) is 29.3 Å². The van der Waals surface area contributed by atoms with Crippen molar-refractivity contribution >= 4 is 11.6 Å². The van der Waals surface area contributed by atoms with Gasteiger partial charge in [0.2, 0.25) is 0 Å². The lowest BCUT2D eigenvalue weighted by atomic mass is 9.95. The standard InChI is InChI=1S/C17H24N2O/c1-12-8-9-14(15(18)11-12)17(20)19-10-4-7-16(19)13-5-2-3-6-13/h8-9,11,13,16H,2-7,10,18H2,1H3. The van der Waals surface area contributed by atoms with Gasteiger partial charge >= 0.3 is 0 Å². The minimum absolute atomic E-state index is 0.136. The van der Waals surface area contributed by atoms with E-state index in [9.17, 15) is 4.79 Å². The average Bonchev–Trinajstić information content (AvgIpc) is 3.09. The SMILES string of the molecule is Cc1ccc(C(=O)N2CCCC2C2CCCC2)c(N)c1. The molecule has 0 spiro atoms. The van der Waals surface area contributed by atoms with E-state index in [0.717, 1.165) is 18.5 Å². The third-order valence-corrected chi connectivity index (χ3v) is 4.94. The van der Waals surface area contributed by atoms with E-state index in [1.54, 1.807) is 0 Å². The van der Waals surface area contributed by atoms with Crippen LogP contribution in [0.1, 0.15) is 54.4 Å². The van der Waals surface area contributed by atoms with Crippen molar-refractivity contribution in [2.75, 3.05) is 12.3 Å². The highest BCUT2D eigenvalue weighted by Gasteiger charge is 2.36. The second kappa shape index (κ2) is 5.47. The van der Waals surface area contributed by atoms with Gasteiger partial charge in [-0.3, -0.25) is 4.79 Å². The van der Waals surface area contributed by atoms with Gasteiger partial charge in [-0.05, 0) is 56.2 Å².